The molecule has 0 fully saturated rings. The Labute approximate surface area is 126 Å². The van der Waals surface area contributed by atoms with Gasteiger partial charge in [-0.2, -0.15) is 0 Å². The van der Waals surface area contributed by atoms with E-state index in [4.69, 9.17) is 5.14 Å². The molecule has 8 heteroatoms. The lowest BCUT2D eigenvalue weighted by Gasteiger charge is -2.01. The summed E-state index contributed by atoms with van der Waals surface area (Å²) in [4.78, 5) is 6.79. The summed E-state index contributed by atoms with van der Waals surface area (Å²) < 4.78 is 35.4. The van der Waals surface area contributed by atoms with E-state index < -0.39 is 10.0 Å². The van der Waals surface area contributed by atoms with Crippen LogP contribution >= 0.6 is 12.4 Å². The molecule has 3 rings (SSSR count). The molecule has 21 heavy (non-hydrogen) atoms. The first-order chi connectivity index (χ1) is 9.45. The molecule has 1 aromatic carbocycles. The number of primary sulfonamides is 1. The number of pyridine rings is 1. The molecule has 0 unspecified atom stereocenters. The van der Waals surface area contributed by atoms with E-state index in [1.165, 1.54) is 24.4 Å². The van der Waals surface area contributed by atoms with Crippen LogP contribution in [0.5, 0.6) is 0 Å². The summed E-state index contributed by atoms with van der Waals surface area (Å²) in [6.07, 6.45) is 3.14. The Balaban J connectivity index is 0.00000161. The first kappa shape index (κ1) is 15.4. The number of aromatic nitrogens is 2. The van der Waals surface area contributed by atoms with Crippen molar-refractivity contribution in [3.63, 3.8) is 0 Å². The van der Waals surface area contributed by atoms with E-state index in [0.29, 0.717) is 5.52 Å². The molecule has 0 saturated heterocycles. The number of nitrogens with two attached hydrogens (primary N) is 1. The third kappa shape index (κ3) is 2.90. The molecule has 110 valence electrons. The second kappa shape index (κ2) is 5.44. The summed E-state index contributed by atoms with van der Waals surface area (Å²) in [7, 11) is -3.81. The summed E-state index contributed by atoms with van der Waals surface area (Å²) in [5.41, 5.74) is 2.19. The molecule has 3 N–H and O–H groups in total. The summed E-state index contributed by atoms with van der Waals surface area (Å²) >= 11 is 0. The first-order valence-corrected chi connectivity index (χ1v) is 7.26. The topological polar surface area (TPSA) is 88.8 Å². The van der Waals surface area contributed by atoms with Crippen molar-refractivity contribution in [1.82, 2.24) is 9.97 Å². The van der Waals surface area contributed by atoms with Gasteiger partial charge in [-0.1, -0.05) is 0 Å². The third-order valence-corrected chi connectivity index (χ3v) is 3.81. The van der Waals surface area contributed by atoms with Crippen molar-refractivity contribution < 1.29 is 12.8 Å². The van der Waals surface area contributed by atoms with Gasteiger partial charge in [0.1, 0.15) is 5.82 Å². The molecular formula is C13H11ClFN3O2S. The number of benzene rings is 1. The summed E-state index contributed by atoms with van der Waals surface area (Å²) in [5.74, 6) is -0.325. The van der Waals surface area contributed by atoms with Gasteiger partial charge in [-0.3, -0.25) is 0 Å². The normalized spacial score (nSPS) is 11.3. The van der Waals surface area contributed by atoms with Crippen molar-refractivity contribution in [2.75, 3.05) is 0 Å². The zero-order valence-electron chi connectivity index (χ0n) is 10.6. The highest BCUT2D eigenvalue weighted by atomic mass is 35.5. The van der Waals surface area contributed by atoms with Crippen molar-refractivity contribution in [1.29, 1.82) is 0 Å². The first-order valence-electron chi connectivity index (χ1n) is 5.71. The third-order valence-electron chi connectivity index (χ3n) is 2.98. The van der Waals surface area contributed by atoms with Crippen molar-refractivity contribution in [2.24, 2.45) is 5.14 Å². The number of aromatic amines is 1. The van der Waals surface area contributed by atoms with Crippen LogP contribution in [-0.4, -0.2) is 18.4 Å². The maximum absolute atomic E-state index is 13.1. The van der Waals surface area contributed by atoms with Crippen LogP contribution in [0.25, 0.3) is 22.0 Å². The lowest BCUT2D eigenvalue weighted by molar-refractivity contribution is 0.594. The highest BCUT2D eigenvalue weighted by molar-refractivity contribution is 7.89. The predicted molar refractivity (Wildman–Crippen MR) is 80.1 cm³/mol. The van der Waals surface area contributed by atoms with Gasteiger partial charge >= 0.3 is 0 Å². The Hall–Kier alpha value is -1.96. The Morgan fingerprint density at radius 1 is 1.19 bits per heavy atom. The number of H-pyrrole nitrogens is 1. The van der Waals surface area contributed by atoms with Gasteiger partial charge in [0.15, 0.2) is 5.03 Å². The van der Waals surface area contributed by atoms with E-state index in [1.807, 2.05) is 0 Å². The van der Waals surface area contributed by atoms with Gasteiger partial charge in [-0.15, -0.1) is 12.4 Å². The van der Waals surface area contributed by atoms with E-state index in [0.717, 1.165) is 16.5 Å². The molecule has 0 radical (unpaired) electrons. The van der Waals surface area contributed by atoms with Gasteiger partial charge in [-0.25, -0.2) is 22.9 Å². The minimum absolute atomic E-state index is 0. The largest absolute Gasteiger partial charge is 0.360 e. The van der Waals surface area contributed by atoms with Crippen molar-refractivity contribution in [3.8, 4) is 11.1 Å². The number of nitrogens with zero attached hydrogens (tertiary/aromatic N) is 1. The highest BCUT2D eigenvalue weighted by Crippen LogP contribution is 2.28. The number of sulfonamides is 1. The number of halogens is 2. The maximum Gasteiger partial charge on any atom is 0.255 e. The summed E-state index contributed by atoms with van der Waals surface area (Å²) in [5, 5.41) is 5.64. The fourth-order valence-corrected chi connectivity index (χ4v) is 2.50. The fraction of sp³-hybridized carbons (Fsp3) is 0. The molecule has 5 nitrogen and oxygen atoms in total. The molecule has 2 aromatic heterocycles. The average Bonchev–Trinajstić information content (AvgIpc) is 2.80. The summed E-state index contributed by atoms with van der Waals surface area (Å²) in [6.45, 7) is 0. The molecule has 0 spiro atoms. The molecule has 0 aliphatic carbocycles. The Bertz CT molecular complexity index is 891. The van der Waals surface area contributed by atoms with Gasteiger partial charge in [0.05, 0.1) is 0 Å². The Morgan fingerprint density at radius 3 is 2.57 bits per heavy atom. The van der Waals surface area contributed by atoms with Crippen LogP contribution < -0.4 is 5.14 Å². The van der Waals surface area contributed by atoms with Crippen LogP contribution in [0.3, 0.4) is 0 Å². The minimum atomic E-state index is -3.81. The monoisotopic (exact) mass is 327 g/mol. The Kier molecular flexibility index (Phi) is 3.99. The zero-order chi connectivity index (χ0) is 14.3. The molecule has 0 aliphatic rings. The van der Waals surface area contributed by atoms with E-state index in [-0.39, 0.29) is 23.3 Å². The average molecular weight is 328 g/mol. The smallest absolute Gasteiger partial charge is 0.255 e. The van der Waals surface area contributed by atoms with Crippen LogP contribution in [0.15, 0.2) is 47.8 Å². The van der Waals surface area contributed by atoms with Crippen LogP contribution in [0.1, 0.15) is 0 Å². The van der Waals surface area contributed by atoms with Crippen LogP contribution in [0.4, 0.5) is 4.39 Å². The Morgan fingerprint density at radius 2 is 1.95 bits per heavy atom. The standard InChI is InChI=1S/C13H10FN3O2S.ClH/c14-9-2-3-10-11(7-16-12(10)5-9)8-1-4-13(17-6-8)20(15,18)19;/h1-7,16H,(H2,15,18,19);1H. The zero-order valence-corrected chi connectivity index (χ0v) is 12.2. The van der Waals surface area contributed by atoms with E-state index >= 15 is 0 Å². The number of hydrogen-bond acceptors (Lipinski definition) is 3. The quantitative estimate of drug-likeness (QED) is 0.757. The lowest BCUT2D eigenvalue weighted by Crippen LogP contribution is -2.13. The number of hydrogen-bond donors (Lipinski definition) is 2. The van der Waals surface area contributed by atoms with Crippen LogP contribution in [0, 0.1) is 5.82 Å². The molecule has 0 atom stereocenters. The fourth-order valence-electron chi connectivity index (χ4n) is 2.05. The minimum Gasteiger partial charge on any atom is -0.360 e. The highest BCUT2D eigenvalue weighted by Gasteiger charge is 2.11. The predicted octanol–water partition coefficient (Wildman–Crippen LogP) is 2.44. The lowest BCUT2D eigenvalue weighted by atomic mass is 10.1. The number of rotatable bonds is 2. The molecule has 3 aromatic rings. The SMILES string of the molecule is Cl.NS(=O)(=O)c1ccc(-c2c[nH]c3cc(F)ccc23)cn1. The van der Waals surface area contributed by atoms with E-state index in [9.17, 15) is 12.8 Å². The number of fused-ring (bicyclic) bond motifs is 1. The van der Waals surface area contributed by atoms with Crippen molar-refractivity contribution in [2.45, 2.75) is 5.03 Å². The van der Waals surface area contributed by atoms with Gasteiger partial charge in [0.25, 0.3) is 10.0 Å². The molecule has 2 heterocycles. The van der Waals surface area contributed by atoms with Gasteiger partial charge < -0.3 is 4.98 Å². The van der Waals surface area contributed by atoms with Gasteiger partial charge in [0.2, 0.25) is 0 Å². The number of nitrogens with one attached hydrogen (secondary N) is 1. The van der Waals surface area contributed by atoms with Gasteiger partial charge in [0, 0.05) is 34.4 Å². The summed E-state index contributed by atoms with van der Waals surface area (Å²) in [6, 6.07) is 7.37. The molecule has 0 aliphatic heterocycles. The van der Waals surface area contributed by atoms with Gasteiger partial charge in [-0.05, 0) is 30.3 Å². The molecular weight excluding hydrogens is 317 g/mol. The molecule has 0 amide bonds. The van der Waals surface area contributed by atoms with Crippen LogP contribution in [-0.2, 0) is 10.0 Å². The van der Waals surface area contributed by atoms with E-state index in [2.05, 4.69) is 9.97 Å². The van der Waals surface area contributed by atoms with E-state index in [1.54, 1.807) is 18.3 Å². The molecule has 0 bridgehead atoms. The molecule has 0 saturated carbocycles. The van der Waals surface area contributed by atoms with Crippen molar-refractivity contribution in [3.05, 3.63) is 48.5 Å². The maximum atomic E-state index is 13.1. The second-order valence-corrected chi connectivity index (χ2v) is 5.83. The van der Waals surface area contributed by atoms with Crippen molar-refractivity contribution >= 4 is 33.3 Å². The van der Waals surface area contributed by atoms with Crippen LogP contribution in [0.2, 0.25) is 0 Å². The second-order valence-electron chi connectivity index (χ2n) is 4.32.